The molecule has 1 aliphatic rings. The summed E-state index contributed by atoms with van der Waals surface area (Å²) in [5, 5.41) is 7.04. The first kappa shape index (κ1) is 15.2. The van der Waals surface area contributed by atoms with Gasteiger partial charge in [0, 0.05) is 18.4 Å². The number of nitrogens with zero attached hydrogens (tertiary/aromatic N) is 2. The maximum Gasteiger partial charge on any atom is 0.337 e. The van der Waals surface area contributed by atoms with Crippen molar-refractivity contribution in [1.29, 1.82) is 0 Å². The number of carbonyl (C=O) groups excluding carboxylic acids is 2. The number of anilines is 1. The molecule has 1 unspecified atom stereocenters. The van der Waals surface area contributed by atoms with Crippen LogP contribution in [0.15, 0.2) is 36.7 Å². The number of rotatable bonds is 4. The van der Waals surface area contributed by atoms with E-state index in [9.17, 15) is 9.59 Å². The number of hydrogen-bond donors (Lipinski definition) is 1. The molecule has 1 aliphatic heterocycles. The number of ether oxygens (including phenoxy) is 2. The average Bonchev–Trinajstić information content (AvgIpc) is 3.25. The molecular formula is C16H17N3O4. The summed E-state index contributed by atoms with van der Waals surface area (Å²) in [6.07, 6.45) is 4.32. The van der Waals surface area contributed by atoms with Crippen LogP contribution >= 0.6 is 0 Å². The summed E-state index contributed by atoms with van der Waals surface area (Å²) in [5.74, 6) is -0.694. The van der Waals surface area contributed by atoms with Crippen LogP contribution < -0.4 is 5.32 Å². The molecule has 1 amide bonds. The molecule has 0 spiro atoms. The van der Waals surface area contributed by atoms with Crippen molar-refractivity contribution < 1.29 is 19.1 Å². The van der Waals surface area contributed by atoms with E-state index in [0.717, 1.165) is 13.0 Å². The van der Waals surface area contributed by atoms with E-state index in [1.807, 2.05) is 4.68 Å². The lowest BCUT2D eigenvalue weighted by molar-refractivity contribution is 0.0600. The standard InChI is InChI=1S/C16H17N3O4/c1-22-16(21)12-4-2-11(3-5-12)15(20)18-13-8-17-19(9-13)14-6-7-23-10-14/h2-5,8-9,14H,6-7,10H2,1H3,(H,18,20). The number of nitrogens with one attached hydrogen (secondary N) is 1. The Balaban J connectivity index is 1.65. The van der Waals surface area contributed by atoms with Gasteiger partial charge in [0.25, 0.3) is 5.91 Å². The molecule has 3 rings (SSSR count). The zero-order chi connectivity index (χ0) is 16.2. The lowest BCUT2D eigenvalue weighted by Gasteiger charge is -2.07. The predicted octanol–water partition coefficient (Wildman–Crippen LogP) is 1.88. The van der Waals surface area contributed by atoms with Gasteiger partial charge < -0.3 is 14.8 Å². The Morgan fingerprint density at radius 3 is 2.70 bits per heavy atom. The Bertz CT molecular complexity index is 702. The quantitative estimate of drug-likeness (QED) is 0.871. The topological polar surface area (TPSA) is 82.5 Å². The molecule has 2 aromatic rings. The van der Waals surface area contributed by atoms with Gasteiger partial charge in [0.05, 0.1) is 37.2 Å². The van der Waals surface area contributed by atoms with Gasteiger partial charge in [-0.2, -0.15) is 5.10 Å². The van der Waals surface area contributed by atoms with E-state index in [1.54, 1.807) is 36.7 Å². The molecule has 0 radical (unpaired) electrons. The zero-order valence-electron chi connectivity index (χ0n) is 12.7. The number of amides is 1. The van der Waals surface area contributed by atoms with E-state index < -0.39 is 5.97 Å². The van der Waals surface area contributed by atoms with Gasteiger partial charge in [0.1, 0.15) is 0 Å². The van der Waals surface area contributed by atoms with Crippen LogP contribution in [-0.2, 0) is 9.47 Å². The van der Waals surface area contributed by atoms with Gasteiger partial charge in [-0.3, -0.25) is 9.48 Å². The highest BCUT2D eigenvalue weighted by molar-refractivity contribution is 6.04. The fourth-order valence-corrected chi connectivity index (χ4v) is 2.41. The molecule has 1 saturated heterocycles. The fourth-order valence-electron chi connectivity index (χ4n) is 2.41. The van der Waals surface area contributed by atoms with Crippen LogP contribution in [0.25, 0.3) is 0 Å². The van der Waals surface area contributed by atoms with Crippen LogP contribution in [0.5, 0.6) is 0 Å². The van der Waals surface area contributed by atoms with E-state index in [2.05, 4.69) is 15.2 Å². The number of carbonyl (C=O) groups is 2. The Morgan fingerprint density at radius 2 is 2.04 bits per heavy atom. The number of benzene rings is 1. The van der Waals surface area contributed by atoms with Gasteiger partial charge in [0.15, 0.2) is 0 Å². The van der Waals surface area contributed by atoms with E-state index in [1.165, 1.54) is 7.11 Å². The average molecular weight is 315 g/mol. The van der Waals surface area contributed by atoms with E-state index in [4.69, 9.17) is 4.74 Å². The van der Waals surface area contributed by atoms with Gasteiger partial charge in [0.2, 0.25) is 0 Å². The summed E-state index contributed by atoms with van der Waals surface area (Å²) in [4.78, 5) is 23.6. The molecule has 1 aromatic heterocycles. The SMILES string of the molecule is COC(=O)c1ccc(C(=O)Nc2cnn(C3CCOC3)c2)cc1. The third kappa shape index (κ3) is 3.40. The van der Waals surface area contributed by atoms with E-state index >= 15 is 0 Å². The van der Waals surface area contributed by atoms with Gasteiger partial charge in [-0.15, -0.1) is 0 Å². The van der Waals surface area contributed by atoms with Crippen LogP contribution in [0.2, 0.25) is 0 Å². The largest absolute Gasteiger partial charge is 0.465 e. The normalized spacial score (nSPS) is 17.0. The Labute approximate surface area is 133 Å². The highest BCUT2D eigenvalue weighted by atomic mass is 16.5. The maximum absolute atomic E-state index is 12.2. The van der Waals surface area contributed by atoms with Gasteiger partial charge >= 0.3 is 5.97 Å². The summed E-state index contributed by atoms with van der Waals surface area (Å²) < 4.78 is 11.8. The number of hydrogen-bond acceptors (Lipinski definition) is 5. The first-order valence-electron chi connectivity index (χ1n) is 7.29. The molecule has 1 N–H and O–H groups in total. The third-order valence-electron chi connectivity index (χ3n) is 3.71. The number of esters is 1. The Kier molecular flexibility index (Phi) is 4.38. The zero-order valence-corrected chi connectivity index (χ0v) is 12.7. The summed E-state index contributed by atoms with van der Waals surface area (Å²) in [6.45, 7) is 1.38. The van der Waals surface area contributed by atoms with Gasteiger partial charge in [-0.05, 0) is 30.7 Å². The summed E-state index contributed by atoms with van der Waals surface area (Å²) >= 11 is 0. The molecule has 7 heteroatoms. The summed E-state index contributed by atoms with van der Waals surface area (Å²) in [5.41, 5.74) is 1.48. The molecule has 2 heterocycles. The van der Waals surface area contributed by atoms with Crippen LogP contribution in [0.4, 0.5) is 5.69 Å². The monoisotopic (exact) mass is 315 g/mol. The molecule has 0 aliphatic carbocycles. The highest BCUT2D eigenvalue weighted by Gasteiger charge is 2.18. The Hall–Kier alpha value is -2.67. The molecule has 23 heavy (non-hydrogen) atoms. The lowest BCUT2D eigenvalue weighted by Crippen LogP contribution is -2.12. The molecule has 7 nitrogen and oxygen atoms in total. The number of methoxy groups -OCH3 is 1. The van der Waals surface area contributed by atoms with Gasteiger partial charge in [-0.1, -0.05) is 0 Å². The van der Waals surface area contributed by atoms with Crippen molar-refractivity contribution in [2.45, 2.75) is 12.5 Å². The van der Waals surface area contributed by atoms with Crippen molar-refractivity contribution >= 4 is 17.6 Å². The van der Waals surface area contributed by atoms with Gasteiger partial charge in [-0.25, -0.2) is 4.79 Å². The second kappa shape index (κ2) is 6.62. The van der Waals surface area contributed by atoms with E-state index in [0.29, 0.717) is 23.4 Å². The third-order valence-corrected chi connectivity index (χ3v) is 3.71. The van der Waals surface area contributed by atoms with Crippen molar-refractivity contribution in [1.82, 2.24) is 9.78 Å². The van der Waals surface area contributed by atoms with Crippen LogP contribution in [0, 0.1) is 0 Å². The highest BCUT2D eigenvalue weighted by Crippen LogP contribution is 2.20. The van der Waals surface area contributed by atoms with Crippen LogP contribution in [0.1, 0.15) is 33.2 Å². The Morgan fingerprint density at radius 1 is 1.30 bits per heavy atom. The van der Waals surface area contributed by atoms with Crippen molar-refractivity contribution in [3.8, 4) is 0 Å². The van der Waals surface area contributed by atoms with Crippen molar-refractivity contribution in [2.24, 2.45) is 0 Å². The fraction of sp³-hybridized carbons (Fsp3) is 0.312. The maximum atomic E-state index is 12.2. The predicted molar refractivity (Wildman–Crippen MR) is 82.4 cm³/mol. The minimum atomic E-state index is -0.433. The van der Waals surface area contributed by atoms with E-state index in [-0.39, 0.29) is 11.9 Å². The van der Waals surface area contributed by atoms with Crippen molar-refractivity contribution in [2.75, 3.05) is 25.6 Å². The molecule has 120 valence electrons. The first-order chi connectivity index (χ1) is 11.2. The first-order valence-corrected chi connectivity index (χ1v) is 7.29. The summed E-state index contributed by atoms with van der Waals surface area (Å²) in [7, 11) is 1.32. The molecule has 0 bridgehead atoms. The molecule has 1 atom stereocenters. The summed E-state index contributed by atoms with van der Waals surface area (Å²) in [6, 6.07) is 6.49. The van der Waals surface area contributed by atoms with Crippen LogP contribution in [0.3, 0.4) is 0 Å². The second-order valence-corrected chi connectivity index (χ2v) is 5.25. The minimum Gasteiger partial charge on any atom is -0.465 e. The van der Waals surface area contributed by atoms with Crippen LogP contribution in [-0.4, -0.2) is 42.0 Å². The molecular weight excluding hydrogens is 298 g/mol. The smallest absolute Gasteiger partial charge is 0.337 e. The van der Waals surface area contributed by atoms with Crippen molar-refractivity contribution in [3.63, 3.8) is 0 Å². The lowest BCUT2D eigenvalue weighted by atomic mass is 10.1. The molecule has 0 saturated carbocycles. The minimum absolute atomic E-state index is 0.222. The molecule has 1 aromatic carbocycles. The molecule has 1 fully saturated rings. The second-order valence-electron chi connectivity index (χ2n) is 5.25. The van der Waals surface area contributed by atoms with Crippen molar-refractivity contribution in [3.05, 3.63) is 47.8 Å². The number of aromatic nitrogens is 2.